The molecule has 2 heterocycles. The molecule has 1 aromatic heterocycles. The maximum atomic E-state index is 12.7. The van der Waals surface area contributed by atoms with Crippen LogP contribution in [0, 0.1) is 6.92 Å². The summed E-state index contributed by atoms with van der Waals surface area (Å²) >= 11 is 0. The van der Waals surface area contributed by atoms with Crippen molar-refractivity contribution in [2.75, 3.05) is 13.1 Å². The molecule has 5 nitrogen and oxygen atoms in total. The highest BCUT2D eigenvalue weighted by atomic mass is 16.4. The Balaban J connectivity index is 1.63. The molecule has 2 aromatic rings. The van der Waals surface area contributed by atoms with Crippen molar-refractivity contribution >= 4 is 5.91 Å². The quantitative estimate of drug-likeness (QED) is 0.844. The summed E-state index contributed by atoms with van der Waals surface area (Å²) in [4.78, 5) is 14.6. The molecule has 3 rings (SSSR count). The van der Waals surface area contributed by atoms with E-state index in [0.717, 1.165) is 31.5 Å². The third-order valence-corrected chi connectivity index (χ3v) is 4.67. The number of rotatable bonds is 2. The first kappa shape index (κ1) is 16.7. The minimum absolute atomic E-state index is 0.0993. The van der Waals surface area contributed by atoms with Crippen LogP contribution in [0.15, 0.2) is 28.7 Å². The summed E-state index contributed by atoms with van der Waals surface area (Å²) in [7, 11) is 0. The number of carbonyl (C=O) groups is 1. The second-order valence-electron chi connectivity index (χ2n) is 7.55. The van der Waals surface area contributed by atoms with Gasteiger partial charge in [0.05, 0.1) is 0 Å². The van der Waals surface area contributed by atoms with E-state index < -0.39 is 0 Å². The lowest BCUT2D eigenvalue weighted by Crippen LogP contribution is -2.38. The molecule has 0 N–H and O–H groups in total. The van der Waals surface area contributed by atoms with Gasteiger partial charge in [-0.2, -0.15) is 0 Å². The predicted octanol–water partition coefficient (Wildman–Crippen LogP) is 3.70. The summed E-state index contributed by atoms with van der Waals surface area (Å²) in [6, 6.07) is 8.00. The Morgan fingerprint density at radius 2 is 1.75 bits per heavy atom. The van der Waals surface area contributed by atoms with Crippen molar-refractivity contribution < 1.29 is 9.21 Å². The summed E-state index contributed by atoms with van der Waals surface area (Å²) in [6.45, 7) is 9.78. The number of amides is 1. The molecule has 0 unspecified atom stereocenters. The number of carbonyl (C=O) groups excluding carboxylic acids is 1. The van der Waals surface area contributed by atoms with Crippen molar-refractivity contribution in [1.29, 1.82) is 0 Å². The Morgan fingerprint density at radius 3 is 2.25 bits per heavy atom. The fourth-order valence-electron chi connectivity index (χ4n) is 3.10. The van der Waals surface area contributed by atoms with Gasteiger partial charge in [-0.3, -0.25) is 4.79 Å². The minimum Gasteiger partial charge on any atom is -0.425 e. The number of nitrogens with zero attached hydrogens (tertiary/aromatic N) is 3. The number of hydrogen-bond donors (Lipinski definition) is 0. The molecule has 0 radical (unpaired) electrons. The first-order valence-corrected chi connectivity index (χ1v) is 8.54. The fraction of sp³-hybridized carbons (Fsp3) is 0.526. The predicted molar refractivity (Wildman–Crippen MR) is 92.1 cm³/mol. The fourth-order valence-corrected chi connectivity index (χ4v) is 3.10. The highest BCUT2D eigenvalue weighted by Crippen LogP contribution is 2.28. The molecule has 1 saturated heterocycles. The van der Waals surface area contributed by atoms with Crippen molar-refractivity contribution in [2.45, 2.75) is 51.9 Å². The number of piperidine rings is 1. The summed E-state index contributed by atoms with van der Waals surface area (Å²) in [6.07, 6.45) is 1.74. The highest BCUT2D eigenvalue weighted by Gasteiger charge is 2.27. The van der Waals surface area contributed by atoms with Crippen LogP contribution in [-0.2, 0) is 5.41 Å². The van der Waals surface area contributed by atoms with Crippen LogP contribution in [0.2, 0.25) is 0 Å². The van der Waals surface area contributed by atoms with E-state index in [2.05, 4.69) is 43.1 Å². The first-order chi connectivity index (χ1) is 11.3. The molecule has 0 spiro atoms. The van der Waals surface area contributed by atoms with Crippen LogP contribution in [0.5, 0.6) is 0 Å². The Hall–Kier alpha value is -2.17. The average Bonchev–Trinajstić information content (AvgIpc) is 3.00. The molecule has 0 aliphatic carbocycles. The second-order valence-corrected chi connectivity index (χ2v) is 7.55. The molecule has 128 valence electrons. The van der Waals surface area contributed by atoms with Gasteiger partial charge in [0.15, 0.2) is 0 Å². The Kier molecular flexibility index (Phi) is 4.43. The van der Waals surface area contributed by atoms with Crippen molar-refractivity contribution in [2.24, 2.45) is 0 Å². The number of aryl methyl sites for hydroxylation is 1. The molecular formula is C19H25N3O2. The zero-order valence-electron chi connectivity index (χ0n) is 14.9. The van der Waals surface area contributed by atoms with Gasteiger partial charge in [-0.15, -0.1) is 10.2 Å². The molecule has 1 aliphatic rings. The lowest BCUT2D eigenvalue weighted by atomic mass is 9.86. The lowest BCUT2D eigenvalue weighted by Gasteiger charge is -2.30. The van der Waals surface area contributed by atoms with Crippen LogP contribution < -0.4 is 0 Å². The van der Waals surface area contributed by atoms with Gasteiger partial charge in [-0.25, -0.2) is 0 Å². The van der Waals surface area contributed by atoms with E-state index in [4.69, 9.17) is 4.42 Å². The van der Waals surface area contributed by atoms with Crippen LogP contribution in [0.1, 0.15) is 67.2 Å². The summed E-state index contributed by atoms with van der Waals surface area (Å²) < 4.78 is 5.52. The third-order valence-electron chi connectivity index (χ3n) is 4.67. The van der Waals surface area contributed by atoms with Gasteiger partial charge in [-0.1, -0.05) is 32.9 Å². The highest BCUT2D eigenvalue weighted by molar-refractivity contribution is 5.94. The largest absolute Gasteiger partial charge is 0.425 e. The molecule has 24 heavy (non-hydrogen) atoms. The molecule has 0 atom stereocenters. The number of aromatic nitrogens is 2. The van der Waals surface area contributed by atoms with Crippen LogP contribution >= 0.6 is 0 Å². The molecule has 1 amide bonds. The zero-order chi connectivity index (χ0) is 17.3. The standard InChI is InChI=1S/C19H25N3O2/c1-13-20-21-17(24-13)14-9-11-22(12-10-14)18(23)15-5-7-16(8-6-15)19(2,3)4/h5-8,14H,9-12H2,1-4H3. The Morgan fingerprint density at radius 1 is 1.12 bits per heavy atom. The molecular weight excluding hydrogens is 302 g/mol. The maximum Gasteiger partial charge on any atom is 0.253 e. The SMILES string of the molecule is Cc1nnc(C2CCN(C(=O)c3ccc(C(C)(C)C)cc3)CC2)o1. The van der Waals surface area contributed by atoms with Crippen LogP contribution in [0.4, 0.5) is 0 Å². The summed E-state index contributed by atoms with van der Waals surface area (Å²) in [5, 5.41) is 8.00. The van der Waals surface area contributed by atoms with E-state index in [-0.39, 0.29) is 17.2 Å². The minimum atomic E-state index is 0.0993. The molecule has 1 aromatic carbocycles. The topological polar surface area (TPSA) is 59.2 Å². The van der Waals surface area contributed by atoms with Gasteiger partial charge in [0.1, 0.15) is 0 Å². The van der Waals surface area contributed by atoms with E-state index in [1.54, 1.807) is 6.92 Å². The van der Waals surface area contributed by atoms with Gasteiger partial charge >= 0.3 is 0 Å². The second kappa shape index (κ2) is 6.38. The Labute approximate surface area is 143 Å². The third kappa shape index (κ3) is 3.50. The number of benzene rings is 1. The van der Waals surface area contributed by atoms with Gasteiger partial charge in [-0.05, 0) is 36.0 Å². The molecule has 1 aliphatic heterocycles. The molecule has 1 fully saturated rings. The van der Waals surface area contributed by atoms with Crippen LogP contribution in [0.3, 0.4) is 0 Å². The van der Waals surface area contributed by atoms with Gasteiger partial charge in [0, 0.05) is 31.5 Å². The van der Waals surface area contributed by atoms with Gasteiger partial charge < -0.3 is 9.32 Å². The van der Waals surface area contributed by atoms with E-state index in [0.29, 0.717) is 11.8 Å². The summed E-state index contributed by atoms with van der Waals surface area (Å²) in [5.41, 5.74) is 2.10. The first-order valence-electron chi connectivity index (χ1n) is 8.54. The average molecular weight is 327 g/mol. The summed E-state index contributed by atoms with van der Waals surface area (Å²) in [5.74, 6) is 1.67. The smallest absolute Gasteiger partial charge is 0.253 e. The molecule has 5 heteroatoms. The van der Waals surface area contributed by atoms with E-state index in [9.17, 15) is 4.79 Å². The van der Waals surface area contributed by atoms with Gasteiger partial charge in [0.2, 0.25) is 11.8 Å². The lowest BCUT2D eigenvalue weighted by molar-refractivity contribution is 0.0706. The Bertz CT molecular complexity index is 705. The van der Waals surface area contributed by atoms with Crippen molar-refractivity contribution in [3.8, 4) is 0 Å². The van der Waals surface area contributed by atoms with E-state index >= 15 is 0 Å². The normalized spacial score (nSPS) is 16.4. The van der Waals surface area contributed by atoms with Crippen LogP contribution in [-0.4, -0.2) is 34.1 Å². The van der Waals surface area contributed by atoms with Crippen molar-refractivity contribution in [3.63, 3.8) is 0 Å². The van der Waals surface area contributed by atoms with E-state index in [1.807, 2.05) is 17.0 Å². The van der Waals surface area contributed by atoms with E-state index in [1.165, 1.54) is 5.56 Å². The molecule has 0 saturated carbocycles. The monoisotopic (exact) mass is 327 g/mol. The van der Waals surface area contributed by atoms with Crippen molar-refractivity contribution in [1.82, 2.24) is 15.1 Å². The molecule has 0 bridgehead atoms. The van der Waals surface area contributed by atoms with Crippen LogP contribution in [0.25, 0.3) is 0 Å². The zero-order valence-corrected chi connectivity index (χ0v) is 14.9. The number of likely N-dealkylation sites (tertiary alicyclic amines) is 1. The van der Waals surface area contributed by atoms with Gasteiger partial charge in [0.25, 0.3) is 5.91 Å². The maximum absolute atomic E-state index is 12.7. The number of hydrogen-bond acceptors (Lipinski definition) is 4. The van der Waals surface area contributed by atoms with Crippen molar-refractivity contribution in [3.05, 3.63) is 47.2 Å².